The Labute approximate surface area is 116 Å². The normalized spacial score (nSPS) is 23.5. The molecule has 0 aromatic carbocycles. The van der Waals surface area contributed by atoms with Crippen LogP contribution in [0.3, 0.4) is 0 Å². The lowest BCUT2D eigenvalue weighted by molar-refractivity contribution is -0.136. The molecule has 4 nitrogen and oxygen atoms in total. The molecule has 0 atom stereocenters. The number of nitrogens with zero attached hydrogens (tertiary/aromatic N) is 1. The molecule has 0 spiro atoms. The third-order valence-corrected chi connectivity index (χ3v) is 4.78. The molecule has 0 bridgehead atoms. The molecule has 2 saturated carbocycles. The second kappa shape index (κ2) is 6.71. The van der Waals surface area contributed by atoms with Gasteiger partial charge in [0.25, 0.3) is 0 Å². The summed E-state index contributed by atoms with van der Waals surface area (Å²) >= 11 is 0. The molecule has 0 unspecified atom stereocenters. The van der Waals surface area contributed by atoms with Gasteiger partial charge in [-0.1, -0.05) is 32.1 Å². The second-order valence-corrected chi connectivity index (χ2v) is 6.35. The van der Waals surface area contributed by atoms with Crippen molar-refractivity contribution in [3.8, 4) is 0 Å². The summed E-state index contributed by atoms with van der Waals surface area (Å²) in [5.74, 6) is 0.158. The highest BCUT2D eigenvalue weighted by Gasteiger charge is 2.35. The number of rotatable bonds is 5. The molecule has 0 radical (unpaired) electrons. The summed E-state index contributed by atoms with van der Waals surface area (Å²) in [6.07, 6.45) is 10.5. The van der Waals surface area contributed by atoms with E-state index in [1.807, 2.05) is 4.90 Å². The minimum atomic E-state index is -0.278. The molecule has 0 aromatic rings. The summed E-state index contributed by atoms with van der Waals surface area (Å²) in [6, 6.07) is 0.332. The lowest BCUT2D eigenvalue weighted by Crippen LogP contribution is -2.48. The SMILES string of the molecule is NC1(CC(=O)N(CCO)C2CCCCC2)CCCC1. The standard InChI is InChI=1S/C15H28N2O2/c16-15(8-4-5-9-15)12-14(19)17(10-11-18)13-6-2-1-3-7-13/h13,18H,1-12,16H2. The van der Waals surface area contributed by atoms with Gasteiger partial charge in [-0.05, 0) is 25.7 Å². The van der Waals surface area contributed by atoms with Crippen LogP contribution in [0.4, 0.5) is 0 Å². The Hall–Kier alpha value is -0.610. The molecule has 2 aliphatic carbocycles. The molecule has 0 saturated heterocycles. The average molecular weight is 268 g/mol. The largest absolute Gasteiger partial charge is 0.395 e. The van der Waals surface area contributed by atoms with Crippen LogP contribution in [0, 0.1) is 0 Å². The minimum absolute atomic E-state index is 0.0554. The summed E-state index contributed by atoms with van der Waals surface area (Å²) < 4.78 is 0. The quantitative estimate of drug-likeness (QED) is 0.799. The first-order valence-corrected chi connectivity index (χ1v) is 7.84. The van der Waals surface area contributed by atoms with Crippen LogP contribution in [0.15, 0.2) is 0 Å². The molecule has 110 valence electrons. The van der Waals surface area contributed by atoms with Gasteiger partial charge in [0.15, 0.2) is 0 Å². The number of hydrogen-bond acceptors (Lipinski definition) is 3. The fourth-order valence-corrected chi connectivity index (χ4v) is 3.67. The molecular weight excluding hydrogens is 240 g/mol. The number of carbonyl (C=O) groups excluding carboxylic acids is 1. The first kappa shape index (κ1) is 14.8. The third kappa shape index (κ3) is 3.93. The molecule has 2 aliphatic rings. The van der Waals surface area contributed by atoms with E-state index in [0.29, 0.717) is 19.0 Å². The second-order valence-electron chi connectivity index (χ2n) is 6.35. The van der Waals surface area contributed by atoms with Gasteiger partial charge in [0.1, 0.15) is 0 Å². The van der Waals surface area contributed by atoms with Crippen molar-refractivity contribution in [1.82, 2.24) is 4.90 Å². The summed E-state index contributed by atoms with van der Waals surface area (Å²) in [7, 11) is 0. The van der Waals surface area contributed by atoms with E-state index in [1.165, 1.54) is 19.3 Å². The van der Waals surface area contributed by atoms with E-state index in [-0.39, 0.29) is 18.1 Å². The maximum Gasteiger partial charge on any atom is 0.224 e. The number of hydrogen-bond donors (Lipinski definition) is 2. The maximum absolute atomic E-state index is 12.5. The number of carbonyl (C=O) groups is 1. The van der Waals surface area contributed by atoms with Gasteiger partial charge < -0.3 is 15.7 Å². The number of amides is 1. The van der Waals surface area contributed by atoms with Gasteiger partial charge in [0.2, 0.25) is 5.91 Å². The van der Waals surface area contributed by atoms with E-state index in [4.69, 9.17) is 5.73 Å². The molecule has 19 heavy (non-hydrogen) atoms. The first-order chi connectivity index (χ1) is 9.14. The van der Waals surface area contributed by atoms with Gasteiger partial charge in [-0.2, -0.15) is 0 Å². The Balaban J connectivity index is 1.94. The Morgan fingerprint density at radius 2 is 1.79 bits per heavy atom. The van der Waals surface area contributed by atoms with Gasteiger partial charge in [0.05, 0.1) is 6.61 Å². The highest BCUT2D eigenvalue weighted by molar-refractivity contribution is 5.78. The van der Waals surface area contributed by atoms with Crippen molar-refractivity contribution in [2.75, 3.05) is 13.2 Å². The summed E-state index contributed by atoms with van der Waals surface area (Å²) in [5.41, 5.74) is 6.04. The molecule has 0 aromatic heterocycles. The van der Waals surface area contributed by atoms with Crippen LogP contribution in [0.2, 0.25) is 0 Å². The Morgan fingerprint density at radius 3 is 2.37 bits per heavy atom. The number of aliphatic hydroxyl groups excluding tert-OH is 1. The molecular formula is C15H28N2O2. The fourth-order valence-electron chi connectivity index (χ4n) is 3.67. The first-order valence-electron chi connectivity index (χ1n) is 7.84. The van der Waals surface area contributed by atoms with Gasteiger partial charge in [-0.15, -0.1) is 0 Å². The van der Waals surface area contributed by atoms with Crippen molar-refractivity contribution in [2.45, 2.75) is 75.8 Å². The highest BCUT2D eigenvalue weighted by Crippen LogP contribution is 2.31. The predicted octanol–water partition coefficient (Wildman–Crippen LogP) is 1.80. The fraction of sp³-hybridized carbons (Fsp3) is 0.933. The molecule has 3 N–H and O–H groups in total. The Morgan fingerprint density at radius 1 is 1.16 bits per heavy atom. The summed E-state index contributed by atoms with van der Waals surface area (Å²) in [6.45, 7) is 0.527. The van der Waals surface area contributed by atoms with Crippen molar-refractivity contribution in [1.29, 1.82) is 0 Å². The van der Waals surface area contributed by atoms with Crippen LogP contribution in [-0.4, -0.2) is 40.6 Å². The highest BCUT2D eigenvalue weighted by atomic mass is 16.3. The maximum atomic E-state index is 12.5. The Bertz CT molecular complexity index is 295. The van der Waals surface area contributed by atoms with Crippen molar-refractivity contribution in [3.05, 3.63) is 0 Å². The van der Waals surface area contributed by atoms with Gasteiger partial charge in [-0.3, -0.25) is 4.79 Å². The smallest absolute Gasteiger partial charge is 0.224 e. The summed E-state index contributed by atoms with van der Waals surface area (Å²) in [5, 5.41) is 9.22. The van der Waals surface area contributed by atoms with Crippen molar-refractivity contribution in [2.24, 2.45) is 5.73 Å². The molecule has 1 amide bonds. The van der Waals surface area contributed by atoms with Crippen LogP contribution in [0.25, 0.3) is 0 Å². The molecule has 2 fully saturated rings. The van der Waals surface area contributed by atoms with Gasteiger partial charge >= 0.3 is 0 Å². The third-order valence-electron chi connectivity index (χ3n) is 4.78. The average Bonchev–Trinajstić information content (AvgIpc) is 2.83. The van der Waals surface area contributed by atoms with E-state index in [0.717, 1.165) is 38.5 Å². The van der Waals surface area contributed by atoms with E-state index in [1.54, 1.807) is 0 Å². The molecule has 2 rings (SSSR count). The monoisotopic (exact) mass is 268 g/mol. The van der Waals surface area contributed by atoms with Gasteiger partial charge in [0, 0.05) is 24.5 Å². The lowest BCUT2D eigenvalue weighted by Gasteiger charge is -2.36. The molecule has 0 aliphatic heterocycles. The molecule has 4 heteroatoms. The lowest BCUT2D eigenvalue weighted by atomic mass is 9.91. The van der Waals surface area contributed by atoms with Crippen molar-refractivity contribution in [3.63, 3.8) is 0 Å². The summed E-state index contributed by atoms with van der Waals surface area (Å²) in [4.78, 5) is 14.4. The number of nitrogens with two attached hydrogens (primary N) is 1. The zero-order valence-electron chi connectivity index (χ0n) is 11.9. The van der Waals surface area contributed by atoms with E-state index < -0.39 is 0 Å². The van der Waals surface area contributed by atoms with Crippen LogP contribution in [-0.2, 0) is 4.79 Å². The van der Waals surface area contributed by atoms with E-state index in [9.17, 15) is 9.90 Å². The zero-order chi connectivity index (χ0) is 13.7. The van der Waals surface area contributed by atoms with Crippen LogP contribution in [0.5, 0.6) is 0 Å². The topological polar surface area (TPSA) is 66.6 Å². The minimum Gasteiger partial charge on any atom is -0.395 e. The van der Waals surface area contributed by atoms with Crippen LogP contribution in [0.1, 0.15) is 64.2 Å². The Kier molecular flexibility index (Phi) is 5.22. The van der Waals surface area contributed by atoms with Crippen LogP contribution < -0.4 is 5.73 Å². The van der Waals surface area contributed by atoms with E-state index >= 15 is 0 Å². The van der Waals surface area contributed by atoms with Crippen LogP contribution >= 0.6 is 0 Å². The van der Waals surface area contributed by atoms with Crippen molar-refractivity contribution < 1.29 is 9.90 Å². The van der Waals surface area contributed by atoms with Gasteiger partial charge in [-0.25, -0.2) is 0 Å². The zero-order valence-corrected chi connectivity index (χ0v) is 11.9. The number of aliphatic hydroxyl groups is 1. The predicted molar refractivity (Wildman–Crippen MR) is 75.7 cm³/mol. The molecule has 0 heterocycles. The van der Waals surface area contributed by atoms with E-state index in [2.05, 4.69) is 0 Å². The van der Waals surface area contributed by atoms with Crippen molar-refractivity contribution >= 4 is 5.91 Å².